The van der Waals surface area contributed by atoms with Crippen LogP contribution in [0.1, 0.15) is 22.0 Å². The van der Waals surface area contributed by atoms with Gasteiger partial charge in [0.05, 0.1) is 11.3 Å². The van der Waals surface area contributed by atoms with Crippen LogP contribution in [-0.2, 0) is 16.1 Å². The number of nitrogens with one attached hydrogen (secondary N) is 1. The van der Waals surface area contributed by atoms with Crippen LogP contribution in [0.25, 0.3) is 11.4 Å². The zero-order valence-corrected chi connectivity index (χ0v) is 14.3. The maximum absolute atomic E-state index is 12.9. The van der Waals surface area contributed by atoms with Gasteiger partial charge < -0.3 is 14.6 Å². The minimum absolute atomic E-state index is 0.0239. The summed E-state index contributed by atoms with van der Waals surface area (Å²) in [5, 5.41) is 8.18. The lowest BCUT2D eigenvalue weighted by molar-refractivity contribution is -0.145. The molecule has 1 N–H and O–H groups in total. The number of hydrogen-bond acceptors (Lipinski definition) is 7. The molecule has 0 saturated heterocycles. The van der Waals surface area contributed by atoms with Gasteiger partial charge in [-0.15, -0.1) is 11.3 Å². The minimum Gasteiger partial charge on any atom is -0.456 e. The molecule has 0 aliphatic rings. The highest BCUT2D eigenvalue weighted by Crippen LogP contribution is 2.16. The van der Waals surface area contributed by atoms with E-state index in [-0.39, 0.29) is 43.0 Å². The highest BCUT2D eigenvalue weighted by Gasteiger charge is 2.12. The first-order valence-corrected chi connectivity index (χ1v) is 8.55. The maximum Gasteiger partial charge on any atom is 0.308 e. The summed E-state index contributed by atoms with van der Waals surface area (Å²) in [5.41, 5.74) is 0.587. The number of benzene rings is 1. The molecule has 0 fully saturated rings. The summed E-state index contributed by atoms with van der Waals surface area (Å²) in [5.74, 6) is -0.691. The van der Waals surface area contributed by atoms with Crippen LogP contribution in [0.5, 0.6) is 0 Å². The number of halogens is 1. The van der Waals surface area contributed by atoms with E-state index >= 15 is 0 Å². The van der Waals surface area contributed by atoms with Crippen molar-refractivity contribution >= 4 is 23.2 Å². The molecule has 1 aromatic carbocycles. The third-order valence-electron chi connectivity index (χ3n) is 3.29. The summed E-state index contributed by atoms with van der Waals surface area (Å²) in [6.07, 6.45) is 0.0239. The van der Waals surface area contributed by atoms with Crippen LogP contribution in [0.4, 0.5) is 4.39 Å². The number of ether oxygens (including phenoxy) is 1. The third-order valence-corrected chi connectivity index (χ3v) is 4.16. The van der Waals surface area contributed by atoms with Crippen molar-refractivity contribution in [3.05, 3.63) is 58.4 Å². The lowest BCUT2D eigenvalue weighted by Gasteiger charge is -2.03. The highest BCUT2D eigenvalue weighted by molar-refractivity contribution is 7.12. The standard InChI is InChI=1S/C17H14FN3O4S/c18-12-5-3-11(4-6-12)16-20-14(25-21-16)10-24-15(22)7-8-19-17(23)13-2-1-9-26-13/h1-6,9H,7-8,10H2,(H,19,23). The van der Waals surface area contributed by atoms with Crippen molar-refractivity contribution in [2.24, 2.45) is 0 Å². The number of rotatable bonds is 7. The van der Waals surface area contributed by atoms with Gasteiger partial charge in [-0.2, -0.15) is 4.98 Å². The van der Waals surface area contributed by atoms with Crippen molar-refractivity contribution in [1.82, 2.24) is 15.5 Å². The SMILES string of the molecule is O=C(CCNC(=O)c1cccs1)OCc1nc(-c2ccc(F)cc2)no1. The second-order valence-electron chi connectivity index (χ2n) is 5.16. The molecule has 0 spiro atoms. The van der Waals surface area contributed by atoms with Gasteiger partial charge in [0.2, 0.25) is 5.82 Å². The van der Waals surface area contributed by atoms with E-state index in [0.717, 1.165) is 0 Å². The van der Waals surface area contributed by atoms with E-state index in [0.29, 0.717) is 10.4 Å². The molecule has 2 heterocycles. The van der Waals surface area contributed by atoms with E-state index in [2.05, 4.69) is 15.5 Å². The summed E-state index contributed by atoms with van der Waals surface area (Å²) >= 11 is 1.32. The Kier molecular flexibility index (Phi) is 5.69. The molecule has 3 rings (SSSR count). The first-order valence-electron chi connectivity index (χ1n) is 7.67. The van der Waals surface area contributed by atoms with Crippen molar-refractivity contribution in [3.63, 3.8) is 0 Å². The Balaban J connectivity index is 1.42. The smallest absolute Gasteiger partial charge is 0.308 e. The van der Waals surface area contributed by atoms with Gasteiger partial charge in [0, 0.05) is 12.1 Å². The third kappa shape index (κ3) is 4.73. The minimum atomic E-state index is -0.502. The highest BCUT2D eigenvalue weighted by atomic mass is 32.1. The first kappa shape index (κ1) is 17.7. The van der Waals surface area contributed by atoms with E-state index in [4.69, 9.17) is 9.26 Å². The van der Waals surface area contributed by atoms with Gasteiger partial charge in [-0.3, -0.25) is 9.59 Å². The molecular formula is C17H14FN3O4S. The van der Waals surface area contributed by atoms with Crippen LogP contribution < -0.4 is 5.32 Å². The van der Waals surface area contributed by atoms with Gasteiger partial charge in [0.25, 0.3) is 11.8 Å². The molecule has 0 aliphatic heterocycles. The molecule has 134 valence electrons. The molecular weight excluding hydrogens is 361 g/mol. The summed E-state index contributed by atoms with van der Waals surface area (Å²) in [7, 11) is 0. The van der Waals surface area contributed by atoms with E-state index in [1.807, 2.05) is 0 Å². The van der Waals surface area contributed by atoms with Crippen LogP contribution in [-0.4, -0.2) is 28.6 Å². The number of esters is 1. The van der Waals surface area contributed by atoms with Crippen molar-refractivity contribution in [2.45, 2.75) is 13.0 Å². The number of thiophene rings is 1. The van der Waals surface area contributed by atoms with Crippen molar-refractivity contribution in [1.29, 1.82) is 0 Å². The predicted molar refractivity (Wildman–Crippen MR) is 90.8 cm³/mol. The van der Waals surface area contributed by atoms with Gasteiger partial charge in [0.1, 0.15) is 5.82 Å². The van der Waals surface area contributed by atoms with Crippen LogP contribution in [0.15, 0.2) is 46.3 Å². The van der Waals surface area contributed by atoms with Gasteiger partial charge in [0.15, 0.2) is 6.61 Å². The average Bonchev–Trinajstić information content (AvgIpc) is 3.32. The van der Waals surface area contributed by atoms with Crippen molar-refractivity contribution in [2.75, 3.05) is 6.54 Å². The lowest BCUT2D eigenvalue weighted by Crippen LogP contribution is -2.25. The molecule has 0 saturated carbocycles. The summed E-state index contributed by atoms with van der Waals surface area (Å²) in [6.45, 7) is -0.00781. The number of aromatic nitrogens is 2. The molecule has 0 aliphatic carbocycles. The number of hydrogen-bond donors (Lipinski definition) is 1. The number of carbonyl (C=O) groups excluding carboxylic acids is 2. The Hall–Kier alpha value is -3.07. The Labute approximate surface area is 151 Å². The van der Waals surface area contributed by atoms with E-state index in [9.17, 15) is 14.0 Å². The van der Waals surface area contributed by atoms with Gasteiger partial charge in [-0.1, -0.05) is 11.2 Å². The Morgan fingerprint density at radius 2 is 2.04 bits per heavy atom. The van der Waals surface area contributed by atoms with Gasteiger partial charge in [-0.05, 0) is 35.7 Å². The molecule has 1 amide bonds. The zero-order valence-electron chi connectivity index (χ0n) is 13.5. The summed E-state index contributed by atoms with van der Waals surface area (Å²) in [4.78, 5) is 28.1. The summed E-state index contributed by atoms with van der Waals surface area (Å²) < 4.78 is 22.9. The average molecular weight is 375 g/mol. The van der Waals surface area contributed by atoms with Crippen LogP contribution >= 0.6 is 11.3 Å². The molecule has 0 bridgehead atoms. The van der Waals surface area contributed by atoms with Gasteiger partial charge >= 0.3 is 5.97 Å². The molecule has 0 atom stereocenters. The van der Waals surface area contributed by atoms with Crippen molar-refractivity contribution < 1.29 is 23.2 Å². The molecule has 3 aromatic rings. The van der Waals surface area contributed by atoms with Crippen LogP contribution in [0.3, 0.4) is 0 Å². The maximum atomic E-state index is 12.9. The van der Waals surface area contributed by atoms with Crippen molar-refractivity contribution in [3.8, 4) is 11.4 Å². The van der Waals surface area contributed by atoms with E-state index in [1.165, 1.54) is 35.6 Å². The molecule has 7 nitrogen and oxygen atoms in total. The second-order valence-corrected chi connectivity index (χ2v) is 6.11. The number of carbonyl (C=O) groups is 2. The van der Waals surface area contributed by atoms with Gasteiger partial charge in [-0.25, -0.2) is 4.39 Å². The Morgan fingerprint density at radius 1 is 1.23 bits per heavy atom. The normalized spacial score (nSPS) is 10.5. The van der Waals surface area contributed by atoms with Crippen LogP contribution in [0, 0.1) is 5.82 Å². The molecule has 9 heteroatoms. The Morgan fingerprint density at radius 3 is 2.77 bits per heavy atom. The lowest BCUT2D eigenvalue weighted by atomic mass is 10.2. The summed E-state index contributed by atoms with van der Waals surface area (Å²) in [6, 6.07) is 9.09. The molecule has 0 radical (unpaired) electrons. The fraction of sp³-hybridized carbons (Fsp3) is 0.176. The molecule has 26 heavy (non-hydrogen) atoms. The number of nitrogens with zero attached hydrogens (tertiary/aromatic N) is 2. The predicted octanol–water partition coefficient (Wildman–Crippen LogP) is 2.80. The number of amides is 1. The second kappa shape index (κ2) is 8.34. The fourth-order valence-electron chi connectivity index (χ4n) is 2.02. The van der Waals surface area contributed by atoms with E-state index in [1.54, 1.807) is 17.5 Å². The van der Waals surface area contributed by atoms with E-state index < -0.39 is 5.97 Å². The molecule has 2 aromatic heterocycles. The molecule has 0 unspecified atom stereocenters. The largest absolute Gasteiger partial charge is 0.456 e. The monoisotopic (exact) mass is 375 g/mol. The zero-order chi connectivity index (χ0) is 18.4. The first-order chi connectivity index (χ1) is 12.6. The fourth-order valence-corrected chi connectivity index (χ4v) is 2.66. The quantitative estimate of drug-likeness (QED) is 0.638. The topological polar surface area (TPSA) is 94.3 Å². The van der Waals surface area contributed by atoms with Crippen LogP contribution in [0.2, 0.25) is 0 Å². The Bertz CT molecular complexity index is 878.